The smallest absolute Gasteiger partial charge is 0.242 e. The Morgan fingerprint density at radius 2 is 2.35 bits per heavy atom. The molecule has 1 aromatic heterocycles. The van der Waals surface area contributed by atoms with Crippen LogP contribution in [0.2, 0.25) is 0 Å². The van der Waals surface area contributed by atoms with E-state index in [2.05, 4.69) is 45.4 Å². The number of pyridine rings is 1. The molecule has 1 saturated carbocycles. The lowest BCUT2D eigenvalue weighted by molar-refractivity contribution is -0.118. The highest BCUT2D eigenvalue weighted by molar-refractivity contribution is 9.10. The van der Waals surface area contributed by atoms with Gasteiger partial charge < -0.3 is 10.6 Å². The molecule has 3 unspecified atom stereocenters. The maximum atomic E-state index is 12.3. The molecule has 1 aromatic rings. The predicted molar refractivity (Wildman–Crippen MR) is 82.6 cm³/mol. The van der Waals surface area contributed by atoms with Gasteiger partial charge in [-0.25, -0.2) is 4.98 Å². The van der Waals surface area contributed by atoms with Crippen molar-refractivity contribution >= 4 is 27.7 Å². The van der Waals surface area contributed by atoms with Crippen molar-refractivity contribution in [2.45, 2.75) is 51.6 Å². The van der Waals surface area contributed by atoms with E-state index in [0.717, 1.165) is 23.9 Å². The second kappa shape index (κ2) is 5.11. The normalized spacial score (nSPS) is 30.9. The van der Waals surface area contributed by atoms with Gasteiger partial charge in [0.2, 0.25) is 5.91 Å². The molecule has 5 heteroatoms. The fraction of sp³-hybridized carbons (Fsp3) is 0.600. The average Bonchev–Trinajstić information content (AvgIpc) is 2.87. The summed E-state index contributed by atoms with van der Waals surface area (Å²) in [5.74, 6) is 0.673. The van der Waals surface area contributed by atoms with E-state index in [1.165, 1.54) is 12.0 Å². The molecule has 108 valence electrons. The molecule has 1 saturated heterocycles. The van der Waals surface area contributed by atoms with Crippen LogP contribution < -0.4 is 10.6 Å². The van der Waals surface area contributed by atoms with Gasteiger partial charge in [0.15, 0.2) is 0 Å². The van der Waals surface area contributed by atoms with Crippen LogP contribution in [-0.2, 0) is 11.2 Å². The number of aromatic nitrogens is 1. The Morgan fingerprint density at radius 1 is 1.55 bits per heavy atom. The summed E-state index contributed by atoms with van der Waals surface area (Å²) in [4.78, 5) is 16.6. The second-order valence-electron chi connectivity index (χ2n) is 6.26. The summed E-state index contributed by atoms with van der Waals surface area (Å²) >= 11 is 3.40. The fourth-order valence-electron chi connectivity index (χ4n) is 3.09. The zero-order chi connectivity index (χ0) is 14.3. The molecular formula is C15H20BrN3O. The average molecular weight is 338 g/mol. The van der Waals surface area contributed by atoms with Gasteiger partial charge in [-0.2, -0.15) is 0 Å². The second-order valence-corrected chi connectivity index (χ2v) is 7.07. The number of carbonyl (C=O) groups is 1. The Kier molecular flexibility index (Phi) is 3.58. The van der Waals surface area contributed by atoms with Crippen LogP contribution in [0.5, 0.6) is 0 Å². The van der Waals surface area contributed by atoms with Crippen molar-refractivity contribution < 1.29 is 4.79 Å². The molecule has 2 N–H and O–H groups in total. The fourth-order valence-corrected chi connectivity index (χ4v) is 3.57. The molecule has 2 aliphatic rings. The third-order valence-corrected chi connectivity index (χ3v) is 4.79. The Labute approximate surface area is 127 Å². The van der Waals surface area contributed by atoms with E-state index in [4.69, 9.17) is 0 Å². The van der Waals surface area contributed by atoms with Crippen molar-refractivity contribution in [3.05, 3.63) is 22.3 Å². The lowest BCUT2D eigenvalue weighted by Crippen LogP contribution is -2.38. The highest BCUT2D eigenvalue weighted by Crippen LogP contribution is 2.53. The van der Waals surface area contributed by atoms with Crippen LogP contribution in [0.4, 0.5) is 5.82 Å². The minimum Gasteiger partial charge on any atom is -0.309 e. The first-order valence-corrected chi connectivity index (χ1v) is 8.03. The molecule has 3 rings (SSSR count). The minimum atomic E-state index is -0.0749. The van der Waals surface area contributed by atoms with Crippen molar-refractivity contribution in [1.29, 1.82) is 0 Å². The van der Waals surface area contributed by atoms with Gasteiger partial charge in [0.05, 0.1) is 6.04 Å². The zero-order valence-corrected chi connectivity index (χ0v) is 13.5. The third-order valence-electron chi connectivity index (χ3n) is 4.38. The number of rotatable bonds is 4. The number of amides is 1. The van der Waals surface area contributed by atoms with Crippen molar-refractivity contribution in [3.63, 3.8) is 0 Å². The largest absolute Gasteiger partial charge is 0.309 e. The summed E-state index contributed by atoms with van der Waals surface area (Å²) in [5.41, 5.74) is 1.54. The van der Waals surface area contributed by atoms with Crippen LogP contribution in [0.25, 0.3) is 0 Å². The Bertz CT molecular complexity index is 548. The van der Waals surface area contributed by atoms with E-state index in [1.54, 1.807) is 0 Å². The molecule has 1 aliphatic heterocycles. The van der Waals surface area contributed by atoms with Crippen LogP contribution in [-0.4, -0.2) is 23.0 Å². The number of anilines is 1. The lowest BCUT2D eigenvalue weighted by atomic mass is 10.0. The number of hydrogen-bond acceptors (Lipinski definition) is 3. The van der Waals surface area contributed by atoms with Gasteiger partial charge in [-0.3, -0.25) is 4.79 Å². The van der Waals surface area contributed by atoms with Gasteiger partial charge >= 0.3 is 0 Å². The van der Waals surface area contributed by atoms with E-state index in [0.29, 0.717) is 17.3 Å². The molecular weight excluding hydrogens is 318 g/mol. The van der Waals surface area contributed by atoms with Gasteiger partial charge in [0.1, 0.15) is 10.4 Å². The van der Waals surface area contributed by atoms with Crippen molar-refractivity contribution in [3.8, 4) is 0 Å². The van der Waals surface area contributed by atoms with Crippen LogP contribution in [0.3, 0.4) is 0 Å². The summed E-state index contributed by atoms with van der Waals surface area (Å²) < 4.78 is 0.771. The monoisotopic (exact) mass is 337 g/mol. The van der Waals surface area contributed by atoms with Gasteiger partial charge in [0, 0.05) is 6.04 Å². The van der Waals surface area contributed by atoms with Crippen LogP contribution in [0.15, 0.2) is 16.7 Å². The Hall–Kier alpha value is -0.940. The molecule has 0 spiro atoms. The van der Waals surface area contributed by atoms with E-state index in [9.17, 15) is 4.79 Å². The van der Waals surface area contributed by atoms with Crippen molar-refractivity contribution in [2.75, 3.05) is 5.32 Å². The molecule has 0 aromatic carbocycles. The first-order valence-electron chi connectivity index (χ1n) is 7.23. The molecule has 2 fully saturated rings. The Balaban J connectivity index is 1.66. The number of carbonyl (C=O) groups excluding carboxylic acids is 1. The summed E-state index contributed by atoms with van der Waals surface area (Å²) in [6.45, 7) is 4.39. The van der Waals surface area contributed by atoms with Gasteiger partial charge in [-0.1, -0.05) is 20.3 Å². The minimum absolute atomic E-state index is 0.0338. The number of nitrogens with one attached hydrogen (secondary N) is 2. The van der Waals surface area contributed by atoms with E-state index >= 15 is 0 Å². The highest BCUT2D eigenvalue weighted by Gasteiger charge is 2.58. The molecule has 0 radical (unpaired) electrons. The first kappa shape index (κ1) is 14.0. The number of hydrogen-bond donors (Lipinski definition) is 2. The molecule has 0 bridgehead atoms. The molecule has 1 aliphatic carbocycles. The zero-order valence-electron chi connectivity index (χ0n) is 11.9. The quantitative estimate of drug-likeness (QED) is 0.830. The third kappa shape index (κ3) is 2.74. The number of halogens is 1. The molecule has 4 nitrogen and oxygen atoms in total. The first-order chi connectivity index (χ1) is 9.50. The molecule has 2 heterocycles. The van der Waals surface area contributed by atoms with E-state index in [-0.39, 0.29) is 11.9 Å². The number of aryl methyl sites for hydroxylation is 1. The van der Waals surface area contributed by atoms with Gasteiger partial charge in [0.25, 0.3) is 0 Å². The van der Waals surface area contributed by atoms with Gasteiger partial charge in [-0.15, -0.1) is 0 Å². The highest BCUT2D eigenvalue weighted by atomic mass is 79.9. The molecule has 1 amide bonds. The summed E-state index contributed by atoms with van der Waals surface area (Å²) in [6.07, 6.45) is 4.20. The van der Waals surface area contributed by atoms with Crippen molar-refractivity contribution in [1.82, 2.24) is 10.3 Å². The Morgan fingerprint density at radius 3 is 3.00 bits per heavy atom. The molecule has 20 heavy (non-hydrogen) atoms. The topological polar surface area (TPSA) is 54.0 Å². The van der Waals surface area contributed by atoms with Crippen LogP contribution in [0, 0.1) is 5.41 Å². The summed E-state index contributed by atoms with van der Waals surface area (Å²) in [7, 11) is 0. The SMILES string of the molecule is CCCc1cc(Br)nc(NC(=O)C2CC3(C)CC3N2)c1. The van der Waals surface area contributed by atoms with E-state index < -0.39 is 0 Å². The maximum absolute atomic E-state index is 12.3. The molecule has 3 atom stereocenters. The van der Waals surface area contributed by atoms with Crippen LogP contribution in [0.1, 0.15) is 38.7 Å². The summed E-state index contributed by atoms with van der Waals surface area (Å²) in [6, 6.07) is 4.42. The summed E-state index contributed by atoms with van der Waals surface area (Å²) in [5, 5.41) is 6.33. The maximum Gasteiger partial charge on any atom is 0.242 e. The van der Waals surface area contributed by atoms with Gasteiger partial charge in [-0.05, 0) is 58.3 Å². The predicted octanol–water partition coefficient (Wildman–Crippen LogP) is 2.88. The van der Waals surface area contributed by atoms with Crippen molar-refractivity contribution in [2.24, 2.45) is 5.41 Å². The number of nitrogens with zero attached hydrogens (tertiary/aromatic N) is 1. The lowest BCUT2D eigenvalue weighted by Gasteiger charge is -2.14. The number of fused-ring (bicyclic) bond motifs is 1. The standard InChI is InChI=1S/C15H20BrN3O/c1-3-4-9-5-12(16)18-13(6-9)19-14(20)10-7-15(2)8-11(15)17-10/h5-6,10-11,17H,3-4,7-8H2,1-2H3,(H,18,19,20). The van der Waals surface area contributed by atoms with E-state index in [1.807, 2.05) is 12.1 Å². The number of piperidine rings is 1. The van der Waals surface area contributed by atoms with Crippen LogP contribution >= 0.6 is 15.9 Å².